The molecule has 0 aliphatic rings. The molecule has 1 heterocycles. The summed E-state index contributed by atoms with van der Waals surface area (Å²) in [5, 5.41) is 9.17. The molecule has 2 rings (SSSR count). The fraction of sp³-hybridized carbons (Fsp3) is 0.200. The number of nitrogens with two attached hydrogens (primary N) is 1. The van der Waals surface area contributed by atoms with E-state index < -0.39 is 6.03 Å². The monoisotopic (exact) mass is 381 g/mol. The Labute approximate surface area is 153 Å². The number of primary amides is 1. The lowest BCUT2D eigenvalue weighted by Gasteiger charge is -2.22. The molecule has 0 atom stereocenters. The zero-order valence-corrected chi connectivity index (χ0v) is 14.4. The number of nitriles is 1. The largest absolute Gasteiger partial charge is 0.489 e. The minimum atomic E-state index is -0.817. The summed E-state index contributed by atoms with van der Waals surface area (Å²) in [4.78, 5) is 21.0. The molecule has 0 saturated heterocycles. The van der Waals surface area contributed by atoms with E-state index in [1.807, 2.05) is 6.07 Å². The maximum atomic E-state index is 12.0. The smallest absolute Gasteiger partial charge is 0.325 e. The van der Waals surface area contributed by atoms with E-state index in [1.54, 1.807) is 12.1 Å². The molecule has 0 aliphatic carbocycles. The molecule has 0 unspecified atom stereocenters. The van der Waals surface area contributed by atoms with Crippen LogP contribution in [0, 0.1) is 11.3 Å². The Kier molecular flexibility index (Phi) is 6.77. The molecule has 0 saturated carbocycles. The fourth-order valence-corrected chi connectivity index (χ4v) is 2.18. The zero-order valence-electron chi connectivity index (χ0n) is 12.9. The van der Waals surface area contributed by atoms with Crippen molar-refractivity contribution in [2.75, 3.05) is 24.2 Å². The van der Waals surface area contributed by atoms with E-state index >= 15 is 0 Å². The number of carbonyl (C=O) groups excluding carboxylic acids is 1. The first-order chi connectivity index (χ1) is 12.1. The van der Waals surface area contributed by atoms with Crippen LogP contribution in [0.4, 0.5) is 16.3 Å². The number of benzene rings is 1. The molecule has 0 fully saturated rings. The lowest BCUT2D eigenvalue weighted by Crippen LogP contribution is -2.32. The van der Waals surface area contributed by atoms with Crippen LogP contribution in [0.2, 0.25) is 5.02 Å². The lowest BCUT2D eigenvalue weighted by atomic mass is 10.2. The summed E-state index contributed by atoms with van der Waals surface area (Å²) < 4.78 is 10.6. The third kappa shape index (κ3) is 4.93. The second kappa shape index (κ2) is 9.03. The number of rotatable bonds is 7. The number of carbonyl (C=O) groups is 1. The maximum absolute atomic E-state index is 12.0. The minimum absolute atomic E-state index is 0.0467. The number of hydrogen-bond acceptors (Lipinski definition) is 6. The molecular formula is C15H13Cl2N5O3. The van der Waals surface area contributed by atoms with Gasteiger partial charge in [0.2, 0.25) is 0 Å². The number of hydrogen-bond donors (Lipinski definition) is 1. The Hall–Kier alpha value is -2.60. The number of anilines is 2. The molecule has 10 heteroatoms. The van der Waals surface area contributed by atoms with Crippen molar-refractivity contribution >= 4 is 40.7 Å². The number of alkyl halides is 1. The van der Waals surface area contributed by atoms with E-state index in [0.29, 0.717) is 10.8 Å². The van der Waals surface area contributed by atoms with Crippen molar-refractivity contribution in [1.29, 1.82) is 5.26 Å². The summed E-state index contributed by atoms with van der Waals surface area (Å²) in [6, 6.07) is 5.77. The molecule has 0 aliphatic heterocycles. The molecule has 8 nitrogen and oxygen atoms in total. The number of halogens is 2. The van der Waals surface area contributed by atoms with Gasteiger partial charge in [0, 0.05) is 5.02 Å². The maximum Gasteiger partial charge on any atom is 0.325 e. The van der Waals surface area contributed by atoms with Crippen molar-refractivity contribution in [2.45, 2.75) is 0 Å². The van der Waals surface area contributed by atoms with Crippen LogP contribution in [-0.2, 0) is 4.74 Å². The molecule has 2 aromatic rings. The fourth-order valence-electron chi connectivity index (χ4n) is 1.90. The number of aromatic nitrogens is 2. The first-order valence-corrected chi connectivity index (χ1v) is 7.86. The van der Waals surface area contributed by atoms with Crippen molar-refractivity contribution in [2.24, 2.45) is 5.73 Å². The van der Waals surface area contributed by atoms with Gasteiger partial charge in [-0.05, 0) is 18.2 Å². The van der Waals surface area contributed by atoms with Gasteiger partial charge in [-0.3, -0.25) is 0 Å². The van der Waals surface area contributed by atoms with Crippen LogP contribution in [-0.4, -0.2) is 35.3 Å². The highest BCUT2D eigenvalue weighted by atomic mass is 35.5. The third-order valence-corrected chi connectivity index (χ3v) is 3.32. The Bertz CT molecular complexity index is 780. The normalized spacial score (nSPS) is 10.1. The third-order valence-electron chi connectivity index (χ3n) is 2.93. The van der Waals surface area contributed by atoms with E-state index in [4.69, 9.17) is 43.7 Å². The van der Waals surface area contributed by atoms with E-state index in [0.717, 1.165) is 4.90 Å². The average molecular weight is 382 g/mol. The van der Waals surface area contributed by atoms with Crippen molar-refractivity contribution in [3.8, 4) is 11.8 Å². The van der Waals surface area contributed by atoms with Gasteiger partial charge in [0.1, 0.15) is 24.5 Å². The number of nitrogens with zero attached hydrogens (tertiary/aromatic N) is 4. The summed E-state index contributed by atoms with van der Waals surface area (Å²) in [6.07, 6.45) is 2.48. The van der Waals surface area contributed by atoms with Crippen molar-refractivity contribution in [1.82, 2.24) is 9.97 Å². The highest BCUT2D eigenvalue weighted by molar-refractivity contribution is 6.31. The van der Waals surface area contributed by atoms with Crippen LogP contribution in [0.5, 0.6) is 5.75 Å². The first-order valence-electron chi connectivity index (χ1n) is 6.94. The van der Waals surface area contributed by atoms with Crippen LogP contribution >= 0.6 is 23.2 Å². The van der Waals surface area contributed by atoms with Gasteiger partial charge in [-0.1, -0.05) is 23.2 Å². The van der Waals surface area contributed by atoms with Crippen molar-refractivity contribution in [3.05, 3.63) is 41.3 Å². The summed E-state index contributed by atoms with van der Waals surface area (Å²) in [5.41, 5.74) is 5.87. The van der Waals surface area contributed by atoms with E-state index in [2.05, 4.69) is 9.97 Å². The predicted molar refractivity (Wildman–Crippen MR) is 92.1 cm³/mol. The van der Waals surface area contributed by atoms with Gasteiger partial charge in [0.05, 0.1) is 24.7 Å². The Morgan fingerprint density at radius 3 is 2.72 bits per heavy atom. The van der Waals surface area contributed by atoms with Gasteiger partial charge in [-0.2, -0.15) is 5.26 Å². The minimum Gasteiger partial charge on any atom is -0.489 e. The van der Waals surface area contributed by atoms with Gasteiger partial charge < -0.3 is 15.2 Å². The molecule has 0 bridgehead atoms. The topological polar surface area (TPSA) is 114 Å². The van der Waals surface area contributed by atoms with E-state index in [-0.39, 0.29) is 36.5 Å². The highest BCUT2D eigenvalue weighted by Gasteiger charge is 2.21. The second-order valence-corrected chi connectivity index (χ2v) is 5.18. The zero-order chi connectivity index (χ0) is 18.2. The summed E-state index contributed by atoms with van der Waals surface area (Å²) in [7, 11) is 0. The predicted octanol–water partition coefficient (Wildman–Crippen LogP) is 2.81. The average Bonchev–Trinajstić information content (AvgIpc) is 2.61. The summed E-state index contributed by atoms with van der Waals surface area (Å²) in [5.74, 6) is 0.461. The van der Waals surface area contributed by atoms with Gasteiger partial charge in [0.15, 0.2) is 11.5 Å². The van der Waals surface area contributed by atoms with E-state index in [9.17, 15) is 4.79 Å². The van der Waals surface area contributed by atoms with Crippen LogP contribution in [0.15, 0.2) is 30.6 Å². The second-order valence-electron chi connectivity index (χ2n) is 4.52. The number of ether oxygens (including phenoxy) is 2. The number of urea groups is 1. The molecule has 1 aromatic carbocycles. The Balaban J connectivity index is 2.37. The van der Waals surface area contributed by atoms with Crippen molar-refractivity contribution < 1.29 is 14.3 Å². The quantitative estimate of drug-likeness (QED) is 0.582. The molecule has 1 aromatic heterocycles. The van der Waals surface area contributed by atoms with Crippen molar-refractivity contribution in [3.63, 3.8) is 0 Å². The van der Waals surface area contributed by atoms with Crippen LogP contribution in [0.3, 0.4) is 0 Å². The van der Waals surface area contributed by atoms with Crippen LogP contribution < -0.4 is 15.4 Å². The molecule has 0 radical (unpaired) electrons. The number of amides is 2. The van der Waals surface area contributed by atoms with Gasteiger partial charge in [0.25, 0.3) is 0 Å². The SMILES string of the molecule is N#Cc1cnc(N(C(N)=O)c2cc(Cl)ccc2OCCOCCl)cn1. The molecule has 2 amide bonds. The molecule has 2 N–H and O–H groups in total. The van der Waals surface area contributed by atoms with Crippen LogP contribution in [0.1, 0.15) is 5.69 Å². The molecular weight excluding hydrogens is 369 g/mol. The standard InChI is InChI=1S/C15H13Cl2N5O3/c16-9-24-3-4-25-13-2-1-10(17)5-12(13)22(15(19)23)14-8-20-11(6-18)7-21-14/h1-2,5,7-8H,3-4,9H2,(H2,19,23). The van der Waals surface area contributed by atoms with E-state index in [1.165, 1.54) is 18.5 Å². The first kappa shape index (κ1) is 18.7. The van der Waals surface area contributed by atoms with Gasteiger partial charge in [-0.25, -0.2) is 19.7 Å². The molecule has 0 spiro atoms. The Morgan fingerprint density at radius 2 is 2.12 bits per heavy atom. The molecule has 25 heavy (non-hydrogen) atoms. The molecule has 130 valence electrons. The summed E-state index contributed by atoms with van der Waals surface area (Å²) >= 11 is 11.5. The van der Waals surface area contributed by atoms with Gasteiger partial charge >= 0.3 is 6.03 Å². The summed E-state index contributed by atoms with van der Waals surface area (Å²) in [6.45, 7) is 0.464. The van der Waals surface area contributed by atoms with Crippen LogP contribution in [0.25, 0.3) is 0 Å². The highest BCUT2D eigenvalue weighted by Crippen LogP contribution is 2.35. The Morgan fingerprint density at radius 1 is 1.32 bits per heavy atom. The van der Waals surface area contributed by atoms with Gasteiger partial charge in [-0.15, -0.1) is 0 Å². The lowest BCUT2D eigenvalue weighted by molar-refractivity contribution is 0.133.